The van der Waals surface area contributed by atoms with Gasteiger partial charge in [0.15, 0.2) is 6.29 Å². The molecule has 268 valence electrons. The lowest BCUT2D eigenvalue weighted by Crippen LogP contribution is -2.47. The van der Waals surface area contributed by atoms with Gasteiger partial charge in [-0.1, -0.05) is 103 Å². The van der Waals surface area contributed by atoms with Crippen LogP contribution in [0.5, 0.6) is 0 Å². The molecule has 0 spiro atoms. The maximum Gasteiger partial charge on any atom is 0.328 e. The molecule has 51 heavy (non-hydrogen) atoms. The van der Waals surface area contributed by atoms with E-state index in [1.54, 1.807) is 0 Å². The molecule has 2 aliphatic heterocycles. The summed E-state index contributed by atoms with van der Waals surface area (Å²) in [5, 5.41) is 25.1. The smallest absolute Gasteiger partial charge is 0.328 e. The average molecular weight is 694 g/mol. The predicted octanol–water partition coefficient (Wildman–Crippen LogP) is 5.43. The highest BCUT2D eigenvalue weighted by atomic mass is 16.7. The molecule has 2 aliphatic rings. The van der Waals surface area contributed by atoms with Crippen molar-refractivity contribution < 1.29 is 34.0 Å². The number of esters is 1. The molecule has 2 heterocycles. The molecular weight excluding hydrogens is 646 g/mol. The van der Waals surface area contributed by atoms with Crippen molar-refractivity contribution in [3.05, 3.63) is 131 Å². The number of benzene rings is 4. The zero-order chi connectivity index (χ0) is 35.6. The fraction of sp³-hybridized carbons (Fsp3) is 0.366. The zero-order valence-electron chi connectivity index (χ0n) is 28.9. The van der Waals surface area contributed by atoms with Crippen LogP contribution in [-0.4, -0.2) is 72.1 Å². The van der Waals surface area contributed by atoms with Crippen LogP contribution < -0.4 is 10.6 Å². The van der Waals surface area contributed by atoms with Crippen molar-refractivity contribution in [3.63, 3.8) is 0 Å². The highest BCUT2D eigenvalue weighted by molar-refractivity contribution is 5.84. The van der Waals surface area contributed by atoms with Gasteiger partial charge in [0.25, 0.3) is 0 Å². The van der Waals surface area contributed by atoms with Gasteiger partial charge in [-0.05, 0) is 52.8 Å². The number of nitrogens with one attached hydrogen (secondary N) is 2. The minimum atomic E-state index is -0.824. The van der Waals surface area contributed by atoms with E-state index in [1.807, 2.05) is 103 Å². The number of hydrogen-bond acceptors (Lipinski definition) is 8. The maximum absolute atomic E-state index is 13.0. The summed E-state index contributed by atoms with van der Waals surface area (Å²) in [6, 6.07) is 32.2. The van der Waals surface area contributed by atoms with Crippen LogP contribution in [0, 0.1) is 0 Å². The highest BCUT2D eigenvalue weighted by Gasteiger charge is 2.35. The molecule has 2 saturated heterocycles. The van der Waals surface area contributed by atoms with Gasteiger partial charge in [-0.3, -0.25) is 4.90 Å². The number of aliphatic hydroxyl groups is 2. The Morgan fingerprint density at radius 1 is 0.882 bits per heavy atom. The van der Waals surface area contributed by atoms with Crippen molar-refractivity contribution in [2.75, 3.05) is 26.8 Å². The first-order chi connectivity index (χ1) is 24.9. The Kier molecular flexibility index (Phi) is 12.5. The lowest BCUT2D eigenvalue weighted by atomic mass is 9.97. The minimum absolute atomic E-state index is 0.0129. The Morgan fingerprint density at radius 2 is 1.61 bits per heavy atom. The SMILES string of the molecule is COC(=O)[C@H](Cc1ccccc1)NC(=O)NCc1ccccc1-c1ccc([C@@H]2O[C@H](CN3CCC[C@H]3CO)C[C@H](c3ccc(CO)cc3)O2)cc1. The van der Waals surface area contributed by atoms with Gasteiger partial charge in [-0.25, -0.2) is 9.59 Å². The summed E-state index contributed by atoms with van der Waals surface area (Å²) >= 11 is 0. The van der Waals surface area contributed by atoms with Crippen molar-refractivity contribution in [1.82, 2.24) is 15.5 Å². The van der Waals surface area contributed by atoms with Crippen molar-refractivity contribution in [1.29, 1.82) is 0 Å². The van der Waals surface area contributed by atoms with Crippen LogP contribution in [0.25, 0.3) is 11.1 Å². The molecule has 0 unspecified atom stereocenters. The number of methoxy groups -OCH3 is 1. The van der Waals surface area contributed by atoms with E-state index >= 15 is 0 Å². The molecule has 0 saturated carbocycles. The Hall–Kier alpha value is -4.58. The van der Waals surface area contributed by atoms with Crippen molar-refractivity contribution >= 4 is 12.0 Å². The number of ether oxygens (including phenoxy) is 3. The monoisotopic (exact) mass is 693 g/mol. The Morgan fingerprint density at radius 3 is 2.33 bits per heavy atom. The molecular formula is C41H47N3O7. The molecule has 10 heteroatoms. The average Bonchev–Trinajstić information content (AvgIpc) is 3.64. The standard InChI is InChI=1S/C41H47N3O7/c1-49-39(47)37(22-28-8-3-2-4-9-28)43-41(48)42-24-33-10-5-6-12-36(33)30-17-19-32(20-18-30)40-50-35(25-44-21-7-11-34(44)27-46)23-38(51-40)31-15-13-29(26-45)14-16-31/h2-6,8-10,12-20,34-35,37-38,40,45-46H,7,11,21-27H2,1H3,(H2,42,43,48)/t34-,35-,37-,38+,40+/m0/s1. The van der Waals surface area contributed by atoms with Gasteiger partial charge in [0, 0.05) is 37.5 Å². The molecule has 5 atom stereocenters. The second-order valence-electron chi connectivity index (χ2n) is 13.2. The molecule has 4 aromatic carbocycles. The van der Waals surface area contributed by atoms with E-state index in [-0.39, 0.29) is 38.0 Å². The van der Waals surface area contributed by atoms with Gasteiger partial charge in [0.05, 0.1) is 32.5 Å². The van der Waals surface area contributed by atoms with Gasteiger partial charge in [-0.15, -0.1) is 0 Å². The molecule has 0 aliphatic carbocycles. The Bertz CT molecular complexity index is 1720. The first kappa shape index (κ1) is 36.2. The number of hydrogen-bond donors (Lipinski definition) is 4. The summed E-state index contributed by atoms with van der Waals surface area (Å²) in [7, 11) is 1.31. The van der Waals surface area contributed by atoms with Crippen LogP contribution in [0.15, 0.2) is 103 Å². The quantitative estimate of drug-likeness (QED) is 0.137. The highest BCUT2D eigenvalue weighted by Crippen LogP contribution is 2.39. The molecule has 4 aromatic rings. The molecule has 2 fully saturated rings. The summed E-state index contributed by atoms with van der Waals surface area (Å²) < 4.78 is 18.1. The van der Waals surface area contributed by atoms with Crippen molar-refractivity contribution in [2.45, 2.75) is 69.4 Å². The molecule has 10 nitrogen and oxygen atoms in total. The van der Waals surface area contributed by atoms with Crippen LogP contribution in [0.4, 0.5) is 4.79 Å². The number of urea groups is 1. The summed E-state index contributed by atoms with van der Waals surface area (Å²) in [4.78, 5) is 27.7. The largest absolute Gasteiger partial charge is 0.467 e. The third kappa shape index (κ3) is 9.40. The van der Waals surface area contributed by atoms with E-state index in [0.717, 1.165) is 64.9 Å². The predicted molar refractivity (Wildman–Crippen MR) is 193 cm³/mol. The first-order valence-corrected chi connectivity index (χ1v) is 17.6. The molecule has 2 amide bonds. The van der Waals surface area contributed by atoms with Gasteiger partial charge < -0.3 is 35.1 Å². The zero-order valence-corrected chi connectivity index (χ0v) is 28.9. The number of carbonyl (C=O) groups is 2. The fourth-order valence-corrected chi connectivity index (χ4v) is 6.98. The van der Waals surface area contributed by atoms with E-state index in [0.29, 0.717) is 12.8 Å². The van der Waals surface area contributed by atoms with E-state index < -0.39 is 24.3 Å². The normalized spacial score (nSPS) is 21.2. The van der Waals surface area contributed by atoms with E-state index in [2.05, 4.69) is 15.5 Å². The van der Waals surface area contributed by atoms with Crippen LogP contribution in [0.3, 0.4) is 0 Å². The lowest BCUT2D eigenvalue weighted by molar-refractivity contribution is -0.253. The number of nitrogens with zero attached hydrogens (tertiary/aromatic N) is 1. The van der Waals surface area contributed by atoms with E-state index in [1.165, 1.54) is 7.11 Å². The second kappa shape index (κ2) is 17.6. The summed E-state index contributed by atoms with van der Waals surface area (Å²) in [5.74, 6) is -0.511. The lowest BCUT2D eigenvalue weighted by Gasteiger charge is -2.38. The van der Waals surface area contributed by atoms with E-state index in [9.17, 15) is 19.8 Å². The third-order valence-electron chi connectivity index (χ3n) is 9.79. The molecule has 0 aromatic heterocycles. The maximum atomic E-state index is 13.0. The topological polar surface area (TPSA) is 130 Å². The van der Waals surface area contributed by atoms with Crippen LogP contribution >= 0.6 is 0 Å². The van der Waals surface area contributed by atoms with Gasteiger partial charge in [0.2, 0.25) is 0 Å². The summed E-state index contributed by atoms with van der Waals surface area (Å²) in [5.41, 5.74) is 6.54. The van der Waals surface area contributed by atoms with Crippen LogP contribution in [0.2, 0.25) is 0 Å². The first-order valence-electron chi connectivity index (χ1n) is 17.6. The van der Waals surface area contributed by atoms with Crippen molar-refractivity contribution in [2.24, 2.45) is 0 Å². The fourth-order valence-electron chi connectivity index (χ4n) is 6.98. The van der Waals surface area contributed by atoms with Gasteiger partial charge in [-0.2, -0.15) is 0 Å². The molecule has 0 bridgehead atoms. The number of carbonyl (C=O) groups excluding carboxylic acids is 2. The van der Waals surface area contributed by atoms with Gasteiger partial charge >= 0.3 is 12.0 Å². The number of amides is 2. The summed E-state index contributed by atoms with van der Waals surface area (Å²) in [6.45, 7) is 2.04. The number of aliphatic hydroxyl groups excluding tert-OH is 2. The molecule has 4 N–H and O–H groups in total. The second-order valence-corrected chi connectivity index (χ2v) is 13.2. The molecule has 0 radical (unpaired) electrons. The minimum Gasteiger partial charge on any atom is -0.467 e. The van der Waals surface area contributed by atoms with E-state index in [4.69, 9.17) is 14.2 Å². The Labute approximate surface area is 299 Å². The number of likely N-dealkylation sites (tertiary alicyclic amines) is 1. The Balaban J connectivity index is 1.14. The molecule has 6 rings (SSSR count). The summed E-state index contributed by atoms with van der Waals surface area (Å²) in [6.07, 6.45) is 2.17. The van der Waals surface area contributed by atoms with Crippen LogP contribution in [0.1, 0.15) is 59.5 Å². The van der Waals surface area contributed by atoms with Gasteiger partial charge in [0.1, 0.15) is 6.04 Å². The van der Waals surface area contributed by atoms with Crippen LogP contribution in [-0.2, 0) is 38.6 Å². The van der Waals surface area contributed by atoms with Crippen molar-refractivity contribution in [3.8, 4) is 11.1 Å². The number of rotatable bonds is 13. The third-order valence-corrected chi connectivity index (χ3v) is 9.79.